The number of carbonyl (C=O) groups is 1. The van der Waals surface area contributed by atoms with E-state index in [1.54, 1.807) is 6.92 Å². The van der Waals surface area contributed by atoms with Crippen LogP contribution in [0.2, 0.25) is 0 Å². The molecule has 0 fully saturated rings. The van der Waals surface area contributed by atoms with Crippen LogP contribution in [-0.2, 0) is 16.1 Å². The molecule has 3 heteroatoms. The second-order valence-corrected chi connectivity index (χ2v) is 4.93. The quantitative estimate of drug-likeness (QED) is 0.733. The van der Waals surface area contributed by atoms with Crippen LogP contribution in [0.3, 0.4) is 0 Å². The van der Waals surface area contributed by atoms with Gasteiger partial charge in [-0.3, -0.25) is 4.79 Å². The molecule has 1 rings (SSSR count). The predicted molar refractivity (Wildman–Crippen MR) is 75.7 cm³/mol. The lowest BCUT2D eigenvalue weighted by atomic mass is 9.99. The molecule has 1 N–H and O–H groups in total. The van der Waals surface area contributed by atoms with Gasteiger partial charge in [0, 0.05) is 12.3 Å². The van der Waals surface area contributed by atoms with Gasteiger partial charge in [-0.05, 0) is 12.5 Å². The van der Waals surface area contributed by atoms with Crippen molar-refractivity contribution in [3.05, 3.63) is 48.0 Å². The predicted octanol–water partition coefficient (Wildman–Crippen LogP) is 2.74. The van der Waals surface area contributed by atoms with E-state index in [1.165, 1.54) is 0 Å². The van der Waals surface area contributed by atoms with Crippen molar-refractivity contribution in [2.45, 2.75) is 33.0 Å². The maximum Gasteiger partial charge on any atom is 0.140 e. The Morgan fingerprint density at radius 1 is 1.37 bits per heavy atom. The number of hydrogen-bond acceptors (Lipinski definition) is 3. The van der Waals surface area contributed by atoms with E-state index in [4.69, 9.17) is 4.74 Å². The zero-order chi connectivity index (χ0) is 14.3. The fourth-order valence-corrected chi connectivity index (χ4v) is 1.59. The van der Waals surface area contributed by atoms with E-state index in [1.807, 2.05) is 37.3 Å². The molecule has 0 saturated heterocycles. The van der Waals surface area contributed by atoms with Gasteiger partial charge in [0.1, 0.15) is 5.78 Å². The van der Waals surface area contributed by atoms with Gasteiger partial charge in [0.2, 0.25) is 0 Å². The molecule has 0 aliphatic carbocycles. The monoisotopic (exact) mass is 262 g/mol. The molecular weight excluding hydrogens is 240 g/mol. The van der Waals surface area contributed by atoms with Crippen LogP contribution in [0.4, 0.5) is 0 Å². The maximum atomic E-state index is 11.8. The zero-order valence-corrected chi connectivity index (χ0v) is 11.6. The van der Waals surface area contributed by atoms with Gasteiger partial charge in [-0.15, -0.1) is 0 Å². The third-order valence-electron chi connectivity index (χ3n) is 2.99. The lowest BCUT2D eigenvalue weighted by Gasteiger charge is -2.14. The van der Waals surface area contributed by atoms with Crippen molar-refractivity contribution in [1.82, 2.24) is 0 Å². The summed E-state index contributed by atoms with van der Waals surface area (Å²) in [6, 6.07) is 9.83. The molecule has 3 nitrogen and oxygen atoms in total. The Kier molecular flexibility index (Phi) is 6.46. The number of benzene rings is 1. The van der Waals surface area contributed by atoms with Crippen molar-refractivity contribution < 1.29 is 14.6 Å². The van der Waals surface area contributed by atoms with E-state index < -0.39 is 6.10 Å². The molecule has 0 unspecified atom stereocenters. The summed E-state index contributed by atoms with van der Waals surface area (Å²) >= 11 is 0. The average molecular weight is 262 g/mol. The van der Waals surface area contributed by atoms with Gasteiger partial charge in [-0.2, -0.15) is 0 Å². The van der Waals surface area contributed by atoms with Crippen LogP contribution in [-0.4, -0.2) is 23.6 Å². The summed E-state index contributed by atoms with van der Waals surface area (Å²) < 4.78 is 5.52. The zero-order valence-electron chi connectivity index (χ0n) is 11.6. The molecular formula is C16H22O3. The van der Waals surface area contributed by atoms with E-state index in [-0.39, 0.29) is 18.1 Å². The lowest BCUT2D eigenvalue weighted by Crippen LogP contribution is -2.22. The summed E-state index contributed by atoms with van der Waals surface area (Å²) in [5.74, 6) is -0.207. The molecule has 0 radical (unpaired) electrons. The summed E-state index contributed by atoms with van der Waals surface area (Å²) in [7, 11) is 0. The standard InChI is InChI=1S/C16H22O3/c1-12(2)15(17)9-16(18)13(3)10-19-11-14-7-5-4-6-8-14/h4-8,13,15,17H,1,9-11H2,2-3H3/t13-,15+/m0/s1. The number of carbonyl (C=O) groups excluding carboxylic acids is 1. The van der Waals surface area contributed by atoms with Gasteiger partial charge in [-0.1, -0.05) is 49.4 Å². The average Bonchev–Trinajstić information content (AvgIpc) is 2.39. The molecule has 0 aromatic heterocycles. The van der Waals surface area contributed by atoms with Crippen molar-refractivity contribution in [2.24, 2.45) is 5.92 Å². The van der Waals surface area contributed by atoms with Gasteiger partial charge in [0.05, 0.1) is 19.3 Å². The van der Waals surface area contributed by atoms with Gasteiger partial charge in [-0.25, -0.2) is 0 Å². The number of rotatable bonds is 8. The summed E-state index contributed by atoms with van der Waals surface area (Å²) in [4.78, 5) is 11.8. The highest BCUT2D eigenvalue weighted by Crippen LogP contribution is 2.10. The van der Waals surface area contributed by atoms with E-state index in [2.05, 4.69) is 6.58 Å². The summed E-state index contributed by atoms with van der Waals surface area (Å²) in [6.45, 7) is 8.04. The molecule has 19 heavy (non-hydrogen) atoms. The Morgan fingerprint density at radius 3 is 2.58 bits per heavy atom. The van der Waals surface area contributed by atoms with Gasteiger partial charge in [0.25, 0.3) is 0 Å². The number of hydrogen-bond donors (Lipinski definition) is 1. The number of ketones is 1. The van der Waals surface area contributed by atoms with Crippen molar-refractivity contribution in [3.63, 3.8) is 0 Å². The first-order valence-electron chi connectivity index (χ1n) is 6.48. The molecule has 2 atom stereocenters. The minimum atomic E-state index is -0.746. The highest BCUT2D eigenvalue weighted by molar-refractivity contribution is 5.81. The van der Waals surface area contributed by atoms with E-state index in [9.17, 15) is 9.90 Å². The largest absolute Gasteiger partial charge is 0.388 e. The van der Waals surface area contributed by atoms with E-state index in [0.717, 1.165) is 5.56 Å². The van der Waals surface area contributed by atoms with E-state index >= 15 is 0 Å². The van der Waals surface area contributed by atoms with Crippen LogP contribution >= 0.6 is 0 Å². The first kappa shape index (κ1) is 15.6. The Hall–Kier alpha value is -1.45. The molecule has 1 aromatic rings. The molecule has 0 spiro atoms. The first-order chi connectivity index (χ1) is 9.00. The topological polar surface area (TPSA) is 46.5 Å². The lowest BCUT2D eigenvalue weighted by molar-refractivity contribution is -0.125. The highest BCUT2D eigenvalue weighted by Gasteiger charge is 2.17. The molecule has 0 bridgehead atoms. The first-order valence-corrected chi connectivity index (χ1v) is 6.48. The SMILES string of the molecule is C=C(C)[C@H](O)CC(=O)[C@@H](C)COCc1ccccc1. The smallest absolute Gasteiger partial charge is 0.140 e. The summed E-state index contributed by atoms with van der Waals surface area (Å²) in [6.07, 6.45) is -0.630. The van der Waals surface area contributed by atoms with E-state index in [0.29, 0.717) is 18.8 Å². The minimum absolute atomic E-state index is 0.00330. The fourth-order valence-electron chi connectivity index (χ4n) is 1.59. The van der Waals surface area contributed by atoms with Gasteiger partial charge >= 0.3 is 0 Å². The van der Waals surface area contributed by atoms with Crippen LogP contribution in [0, 0.1) is 5.92 Å². The van der Waals surface area contributed by atoms with Gasteiger partial charge < -0.3 is 9.84 Å². The summed E-state index contributed by atoms with van der Waals surface area (Å²) in [5.41, 5.74) is 1.70. The second-order valence-electron chi connectivity index (χ2n) is 4.93. The van der Waals surface area contributed by atoms with Crippen LogP contribution in [0.1, 0.15) is 25.8 Å². The van der Waals surface area contributed by atoms with Crippen molar-refractivity contribution in [1.29, 1.82) is 0 Å². The number of aliphatic hydroxyl groups excluding tert-OH is 1. The third-order valence-corrected chi connectivity index (χ3v) is 2.99. The van der Waals surface area contributed by atoms with Crippen LogP contribution in [0.25, 0.3) is 0 Å². The highest BCUT2D eigenvalue weighted by atomic mass is 16.5. The Bertz CT molecular complexity index is 411. The molecule has 0 amide bonds. The second kappa shape index (κ2) is 7.87. The third kappa shape index (κ3) is 5.81. The Balaban J connectivity index is 2.29. The number of Topliss-reactive ketones (excluding diaryl/α,β-unsaturated/α-hetero) is 1. The fraction of sp³-hybridized carbons (Fsp3) is 0.438. The van der Waals surface area contributed by atoms with Crippen LogP contribution in [0.15, 0.2) is 42.5 Å². The maximum absolute atomic E-state index is 11.8. The van der Waals surface area contributed by atoms with Crippen molar-refractivity contribution in [3.8, 4) is 0 Å². The Labute approximate surface area is 114 Å². The van der Waals surface area contributed by atoms with Crippen LogP contribution in [0.5, 0.6) is 0 Å². The molecule has 1 aromatic carbocycles. The summed E-state index contributed by atoms with van der Waals surface area (Å²) in [5, 5.41) is 9.59. The number of aliphatic hydroxyl groups is 1. The minimum Gasteiger partial charge on any atom is -0.388 e. The van der Waals surface area contributed by atoms with Crippen molar-refractivity contribution >= 4 is 5.78 Å². The molecule has 0 heterocycles. The Morgan fingerprint density at radius 2 is 2.00 bits per heavy atom. The van der Waals surface area contributed by atoms with Gasteiger partial charge in [0.15, 0.2) is 0 Å². The molecule has 0 aliphatic heterocycles. The molecule has 104 valence electrons. The van der Waals surface area contributed by atoms with Crippen LogP contribution < -0.4 is 0 Å². The molecule has 0 aliphatic rings. The van der Waals surface area contributed by atoms with Crippen molar-refractivity contribution in [2.75, 3.05) is 6.61 Å². The number of ether oxygens (including phenoxy) is 1. The normalized spacial score (nSPS) is 13.8. The molecule has 0 saturated carbocycles.